The summed E-state index contributed by atoms with van der Waals surface area (Å²) in [6.45, 7) is 0. The molecule has 11 aromatic rings. The van der Waals surface area contributed by atoms with E-state index in [2.05, 4.69) is 205 Å². The van der Waals surface area contributed by atoms with E-state index >= 15 is 0 Å². The topological polar surface area (TPSA) is 51.8 Å². The molecule has 0 atom stereocenters. The van der Waals surface area contributed by atoms with Crippen molar-refractivity contribution < 1.29 is 0 Å². The third kappa shape index (κ3) is 6.11. The maximum Gasteiger partial charge on any atom is 0.159 e. The first-order chi connectivity index (χ1) is 29.3. The van der Waals surface area contributed by atoms with E-state index in [0.29, 0.717) is 5.82 Å². The standard InChI is InChI=1S/C53H36N6/c1-3-10-41(11-4-1)57-35-31-46-49(57)29-30-51-52(46)47-36-40(21-28-50(47)59(51)42-12-5-2-6-13-42)37-15-22-43(23-16-37)58(44-24-17-38(18-25-44)48-14-7-8-32-54-48)45-26-19-39(20-27-45)53-55-33-9-34-56-53/h1-36H. The SMILES string of the molecule is c1ccc(-n2ccc3c4c5cc(-c6ccc(N(c7ccc(-c8ccccn8)cc7)c7ccc(-c8ncccn8)cc7)cc6)ccc5n(-c5ccccc5)c4ccc32)cc1. The number of hydrogen-bond donors (Lipinski definition) is 0. The molecule has 0 saturated carbocycles. The summed E-state index contributed by atoms with van der Waals surface area (Å²) in [5.74, 6) is 0.702. The minimum absolute atomic E-state index is 0.702. The average molecular weight is 757 g/mol. The van der Waals surface area contributed by atoms with Gasteiger partial charge in [-0.15, -0.1) is 0 Å². The summed E-state index contributed by atoms with van der Waals surface area (Å²) in [5.41, 5.74) is 14.2. The van der Waals surface area contributed by atoms with Crippen LogP contribution in [-0.2, 0) is 0 Å². The Morgan fingerprint density at radius 3 is 1.59 bits per heavy atom. The van der Waals surface area contributed by atoms with Gasteiger partial charge in [-0.3, -0.25) is 4.98 Å². The normalized spacial score (nSPS) is 11.4. The number of para-hydroxylation sites is 2. The second kappa shape index (κ2) is 14.4. The molecule has 0 spiro atoms. The largest absolute Gasteiger partial charge is 0.317 e. The molecule has 0 unspecified atom stereocenters. The highest BCUT2D eigenvalue weighted by atomic mass is 15.1. The van der Waals surface area contributed by atoms with E-state index in [9.17, 15) is 0 Å². The van der Waals surface area contributed by atoms with Crippen molar-refractivity contribution >= 4 is 49.8 Å². The number of hydrogen-bond acceptors (Lipinski definition) is 4. The van der Waals surface area contributed by atoms with E-state index in [4.69, 9.17) is 0 Å². The zero-order valence-electron chi connectivity index (χ0n) is 32.0. The molecule has 0 N–H and O–H groups in total. The predicted octanol–water partition coefficient (Wildman–Crippen LogP) is 13.4. The summed E-state index contributed by atoms with van der Waals surface area (Å²) in [5, 5.41) is 3.70. The molecule has 6 nitrogen and oxygen atoms in total. The molecule has 0 aliphatic rings. The predicted molar refractivity (Wildman–Crippen MR) is 242 cm³/mol. The molecule has 7 aromatic carbocycles. The van der Waals surface area contributed by atoms with Gasteiger partial charge in [0.1, 0.15) is 0 Å². The molecule has 278 valence electrons. The number of fused-ring (bicyclic) bond motifs is 5. The van der Waals surface area contributed by atoms with Gasteiger partial charge in [-0.05, 0) is 132 Å². The average Bonchev–Trinajstić information content (AvgIpc) is 3.90. The number of pyridine rings is 1. The van der Waals surface area contributed by atoms with Crippen LogP contribution in [0.3, 0.4) is 0 Å². The van der Waals surface area contributed by atoms with Crippen LogP contribution in [0.1, 0.15) is 0 Å². The van der Waals surface area contributed by atoms with Crippen LogP contribution in [0.4, 0.5) is 17.1 Å². The Morgan fingerprint density at radius 2 is 0.932 bits per heavy atom. The van der Waals surface area contributed by atoms with Crippen molar-refractivity contribution in [2.75, 3.05) is 4.90 Å². The highest BCUT2D eigenvalue weighted by Gasteiger charge is 2.19. The Bertz CT molecular complexity index is 3130. The molecule has 0 bridgehead atoms. The lowest BCUT2D eigenvalue weighted by Gasteiger charge is -2.26. The van der Waals surface area contributed by atoms with Crippen LogP contribution in [0.5, 0.6) is 0 Å². The van der Waals surface area contributed by atoms with Crippen LogP contribution in [0, 0.1) is 0 Å². The molecule has 0 radical (unpaired) electrons. The molecule has 0 amide bonds. The Morgan fingerprint density at radius 1 is 0.373 bits per heavy atom. The molecule has 11 rings (SSSR count). The van der Waals surface area contributed by atoms with Crippen molar-refractivity contribution in [2.24, 2.45) is 0 Å². The van der Waals surface area contributed by atoms with E-state index in [1.165, 1.54) is 32.7 Å². The first kappa shape index (κ1) is 34.2. The molecular weight excluding hydrogens is 721 g/mol. The highest BCUT2D eigenvalue weighted by molar-refractivity contribution is 6.21. The van der Waals surface area contributed by atoms with Crippen molar-refractivity contribution in [3.05, 3.63) is 219 Å². The Labute approximate surface area is 341 Å². The lowest BCUT2D eigenvalue weighted by molar-refractivity contribution is 1.13. The van der Waals surface area contributed by atoms with E-state index in [0.717, 1.165) is 56.4 Å². The van der Waals surface area contributed by atoms with Crippen LogP contribution in [0.15, 0.2) is 219 Å². The molecule has 4 aromatic heterocycles. The summed E-state index contributed by atoms with van der Waals surface area (Å²) in [4.78, 5) is 15.8. The Hall–Kier alpha value is -8.09. The van der Waals surface area contributed by atoms with Crippen LogP contribution in [0.2, 0.25) is 0 Å². The fourth-order valence-corrected chi connectivity index (χ4v) is 8.36. The van der Waals surface area contributed by atoms with Gasteiger partial charge >= 0.3 is 0 Å². The number of benzene rings is 7. The van der Waals surface area contributed by atoms with Crippen molar-refractivity contribution in [2.45, 2.75) is 0 Å². The zero-order valence-corrected chi connectivity index (χ0v) is 32.0. The molecule has 0 aliphatic heterocycles. The van der Waals surface area contributed by atoms with Gasteiger partial charge in [0.2, 0.25) is 0 Å². The summed E-state index contributed by atoms with van der Waals surface area (Å²) in [6, 6.07) is 68.7. The highest BCUT2D eigenvalue weighted by Crippen LogP contribution is 2.41. The molecule has 0 aliphatic carbocycles. The molecule has 6 heteroatoms. The molecular formula is C53H36N6. The summed E-state index contributed by atoms with van der Waals surface area (Å²) in [6.07, 6.45) is 7.57. The first-order valence-electron chi connectivity index (χ1n) is 19.8. The van der Waals surface area contributed by atoms with Gasteiger partial charge in [-0.2, -0.15) is 0 Å². The second-order valence-corrected chi connectivity index (χ2v) is 14.6. The van der Waals surface area contributed by atoms with Crippen molar-refractivity contribution in [3.8, 4) is 45.1 Å². The van der Waals surface area contributed by atoms with E-state index in [1.54, 1.807) is 12.4 Å². The van der Waals surface area contributed by atoms with Crippen molar-refractivity contribution in [3.63, 3.8) is 0 Å². The Balaban J connectivity index is 1.02. The fourth-order valence-electron chi connectivity index (χ4n) is 8.36. The third-order valence-electron chi connectivity index (χ3n) is 11.1. The van der Waals surface area contributed by atoms with Gasteiger partial charge in [-0.25, -0.2) is 9.97 Å². The molecule has 0 fully saturated rings. The van der Waals surface area contributed by atoms with Gasteiger partial charge < -0.3 is 14.0 Å². The lowest BCUT2D eigenvalue weighted by Crippen LogP contribution is -2.09. The van der Waals surface area contributed by atoms with E-state index in [-0.39, 0.29) is 0 Å². The van der Waals surface area contributed by atoms with Crippen molar-refractivity contribution in [1.29, 1.82) is 0 Å². The van der Waals surface area contributed by atoms with Gasteiger partial charge in [0, 0.05) is 80.5 Å². The van der Waals surface area contributed by atoms with Gasteiger partial charge in [0.25, 0.3) is 0 Å². The smallest absolute Gasteiger partial charge is 0.159 e. The first-order valence-corrected chi connectivity index (χ1v) is 19.8. The van der Waals surface area contributed by atoms with E-state index < -0.39 is 0 Å². The third-order valence-corrected chi connectivity index (χ3v) is 11.1. The summed E-state index contributed by atoms with van der Waals surface area (Å²) >= 11 is 0. The van der Waals surface area contributed by atoms with Gasteiger partial charge in [-0.1, -0.05) is 72.8 Å². The zero-order chi connectivity index (χ0) is 39.1. The van der Waals surface area contributed by atoms with Gasteiger partial charge in [0.15, 0.2) is 5.82 Å². The van der Waals surface area contributed by atoms with Crippen LogP contribution in [-0.4, -0.2) is 24.1 Å². The minimum Gasteiger partial charge on any atom is -0.317 e. The summed E-state index contributed by atoms with van der Waals surface area (Å²) in [7, 11) is 0. The van der Waals surface area contributed by atoms with Crippen molar-refractivity contribution in [1.82, 2.24) is 24.1 Å². The fraction of sp³-hybridized carbons (Fsp3) is 0. The maximum absolute atomic E-state index is 4.57. The second-order valence-electron chi connectivity index (χ2n) is 14.6. The number of nitrogens with zero attached hydrogens (tertiary/aromatic N) is 6. The number of rotatable bonds is 8. The Kier molecular flexibility index (Phi) is 8.37. The number of anilines is 3. The van der Waals surface area contributed by atoms with Crippen LogP contribution in [0.25, 0.3) is 77.9 Å². The lowest BCUT2D eigenvalue weighted by atomic mass is 10.0. The van der Waals surface area contributed by atoms with Crippen LogP contribution < -0.4 is 4.90 Å². The monoisotopic (exact) mass is 756 g/mol. The molecule has 0 saturated heterocycles. The van der Waals surface area contributed by atoms with Crippen LogP contribution >= 0.6 is 0 Å². The number of aromatic nitrogens is 5. The molecule has 59 heavy (non-hydrogen) atoms. The van der Waals surface area contributed by atoms with E-state index in [1.807, 2.05) is 30.5 Å². The quantitative estimate of drug-likeness (QED) is 0.155. The van der Waals surface area contributed by atoms with Gasteiger partial charge in [0.05, 0.1) is 22.2 Å². The maximum atomic E-state index is 4.57. The molecule has 4 heterocycles. The summed E-state index contributed by atoms with van der Waals surface area (Å²) < 4.78 is 4.67. The minimum atomic E-state index is 0.702.